The van der Waals surface area contributed by atoms with Crippen molar-refractivity contribution in [1.82, 2.24) is 10.6 Å². The lowest BCUT2D eigenvalue weighted by molar-refractivity contribution is 0.0693. The second-order valence-corrected chi connectivity index (χ2v) is 7.16. The first kappa shape index (κ1) is 24.4. The van der Waals surface area contributed by atoms with Gasteiger partial charge in [-0.1, -0.05) is 24.3 Å². The Morgan fingerprint density at radius 2 is 1.84 bits per heavy atom. The molecule has 1 amide bonds. The number of amides is 1. The highest BCUT2D eigenvalue weighted by Crippen LogP contribution is 2.27. The number of para-hydroxylation sites is 1. The number of carbonyl (C=O) groups is 2. The second kappa shape index (κ2) is 12.1. The van der Waals surface area contributed by atoms with Crippen LogP contribution in [-0.2, 0) is 13.0 Å². The van der Waals surface area contributed by atoms with Gasteiger partial charge in [-0.3, -0.25) is 4.79 Å². The van der Waals surface area contributed by atoms with Crippen molar-refractivity contribution in [2.75, 3.05) is 19.7 Å². The number of phenols is 1. The molecule has 0 saturated carbocycles. The molecular weight excluding hydrogens is 403 g/mol. The van der Waals surface area contributed by atoms with Crippen molar-refractivity contribution in [1.29, 1.82) is 0 Å². The number of aromatic carboxylic acids is 1. The van der Waals surface area contributed by atoms with Gasteiger partial charge in [0, 0.05) is 31.1 Å². The smallest absolute Gasteiger partial charge is 0.456 e. The zero-order chi connectivity index (χ0) is 22.8. The van der Waals surface area contributed by atoms with Crippen LogP contribution in [0.15, 0.2) is 42.5 Å². The van der Waals surface area contributed by atoms with Gasteiger partial charge in [-0.2, -0.15) is 0 Å². The lowest BCUT2D eigenvalue weighted by atomic mass is 9.69. The zero-order valence-corrected chi connectivity index (χ0v) is 17.0. The van der Waals surface area contributed by atoms with Crippen molar-refractivity contribution in [3.05, 3.63) is 64.7 Å². The van der Waals surface area contributed by atoms with E-state index in [4.69, 9.17) is 10.2 Å². The van der Waals surface area contributed by atoms with E-state index in [0.717, 1.165) is 5.56 Å². The maximum atomic E-state index is 12.5. The minimum atomic E-state index is -1.78. The average Bonchev–Trinajstić information content (AvgIpc) is 2.74. The van der Waals surface area contributed by atoms with Gasteiger partial charge in [0.15, 0.2) is 0 Å². The molecule has 9 nitrogen and oxygen atoms in total. The van der Waals surface area contributed by atoms with E-state index in [2.05, 4.69) is 10.6 Å². The molecule has 0 aromatic heterocycles. The molecule has 1 atom stereocenters. The molecule has 0 unspecified atom stereocenters. The van der Waals surface area contributed by atoms with Crippen LogP contribution in [0, 0.1) is 0 Å². The largest absolute Gasteiger partial charge is 0.507 e. The van der Waals surface area contributed by atoms with Crippen LogP contribution in [0.25, 0.3) is 0 Å². The average molecular weight is 430 g/mol. The molecule has 0 saturated heterocycles. The van der Waals surface area contributed by atoms with E-state index in [9.17, 15) is 24.7 Å². The van der Waals surface area contributed by atoms with Gasteiger partial charge in [0.2, 0.25) is 0 Å². The summed E-state index contributed by atoms with van der Waals surface area (Å²) in [5.41, 5.74) is 1.25. The van der Waals surface area contributed by atoms with Crippen LogP contribution in [-0.4, -0.2) is 64.1 Å². The van der Waals surface area contributed by atoms with Gasteiger partial charge in [0.25, 0.3) is 5.91 Å². The third-order valence-corrected chi connectivity index (χ3v) is 4.81. The Morgan fingerprint density at radius 1 is 1.10 bits per heavy atom. The summed E-state index contributed by atoms with van der Waals surface area (Å²) in [6.07, 6.45) is 0.593. The molecule has 2 aromatic carbocycles. The van der Waals surface area contributed by atoms with E-state index >= 15 is 0 Å². The van der Waals surface area contributed by atoms with Gasteiger partial charge in [-0.15, -0.1) is 0 Å². The minimum Gasteiger partial charge on any atom is -0.507 e. The highest BCUT2D eigenvalue weighted by molar-refractivity contribution is 6.43. The summed E-state index contributed by atoms with van der Waals surface area (Å²) in [6, 6.07) is 11.2. The molecule has 0 bridgehead atoms. The Kier molecular flexibility index (Phi) is 9.48. The fourth-order valence-electron chi connectivity index (χ4n) is 3.08. The molecule has 0 aliphatic carbocycles. The summed E-state index contributed by atoms with van der Waals surface area (Å²) in [5, 5.41) is 53.2. The highest BCUT2D eigenvalue weighted by atomic mass is 16.4. The number of aliphatic hydroxyl groups excluding tert-OH is 1. The van der Waals surface area contributed by atoms with Gasteiger partial charge in [-0.25, -0.2) is 4.79 Å². The monoisotopic (exact) mass is 430 g/mol. The van der Waals surface area contributed by atoms with Crippen LogP contribution in [0.2, 0.25) is 5.82 Å². The molecule has 0 radical (unpaired) electrons. The molecule has 0 aliphatic rings. The van der Waals surface area contributed by atoms with Crippen LogP contribution in [0.3, 0.4) is 0 Å². The van der Waals surface area contributed by atoms with Gasteiger partial charge >= 0.3 is 13.1 Å². The first-order valence-corrected chi connectivity index (χ1v) is 9.92. The van der Waals surface area contributed by atoms with Gasteiger partial charge in [0.1, 0.15) is 11.3 Å². The summed E-state index contributed by atoms with van der Waals surface area (Å²) < 4.78 is 0. The number of carbonyl (C=O) groups excluding carboxylic acids is 1. The van der Waals surface area contributed by atoms with Crippen molar-refractivity contribution in [2.24, 2.45) is 0 Å². The van der Waals surface area contributed by atoms with E-state index in [0.29, 0.717) is 25.1 Å². The number of hydrogen-bond acceptors (Lipinski definition) is 7. The van der Waals surface area contributed by atoms with Crippen LogP contribution in [0.4, 0.5) is 0 Å². The van der Waals surface area contributed by atoms with Crippen molar-refractivity contribution < 1.29 is 35.0 Å². The predicted octanol–water partition coefficient (Wildman–Crippen LogP) is 0.378. The lowest BCUT2D eigenvalue weighted by Gasteiger charge is -2.18. The Hall–Kier alpha value is -2.92. The Labute approximate surface area is 180 Å². The van der Waals surface area contributed by atoms with Crippen LogP contribution >= 0.6 is 0 Å². The SMILES string of the molecule is O=C(NC[C@@H](Cc1cccc(C(=O)O)c1O)B(O)O)c1cccc(CNCCCO)c1. The Balaban J connectivity index is 2.00. The second-order valence-electron chi connectivity index (χ2n) is 7.16. The molecule has 0 aliphatic heterocycles. The maximum absolute atomic E-state index is 12.5. The Bertz CT molecular complexity index is 892. The van der Waals surface area contributed by atoms with Gasteiger partial charge < -0.3 is 36.0 Å². The summed E-state index contributed by atoms with van der Waals surface area (Å²) in [6.45, 7) is 1.20. The lowest BCUT2D eigenvalue weighted by Crippen LogP contribution is -2.35. The molecule has 7 N–H and O–H groups in total. The number of rotatable bonds is 12. The first-order valence-electron chi connectivity index (χ1n) is 9.92. The van der Waals surface area contributed by atoms with Crippen molar-refractivity contribution in [3.8, 4) is 5.75 Å². The summed E-state index contributed by atoms with van der Waals surface area (Å²) in [5.74, 6) is -2.98. The standard InChI is InChI=1S/C21H27BN2O7/c25-9-3-8-23-12-14-4-1-6-16(10-14)20(27)24-13-17(22(30)31)11-15-5-2-7-18(19(15)26)21(28)29/h1-2,4-7,10,17,23,25-26,30-31H,3,8-9,11-13H2,(H,24,27)(H,28,29)/t17-/m1/s1. The van der Waals surface area contributed by atoms with E-state index in [-0.39, 0.29) is 30.7 Å². The molecule has 0 spiro atoms. The minimum absolute atomic E-state index is 0.0419. The summed E-state index contributed by atoms with van der Waals surface area (Å²) in [4.78, 5) is 23.7. The molecule has 0 heterocycles. The first-order chi connectivity index (χ1) is 14.8. The van der Waals surface area contributed by atoms with Crippen LogP contribution < -0.4 is 10.6 Å². The normalized spacial score (nSPS) is 11.7. The van der Waals surface area contributed by atoms with Crippen molar-refractivity contribution >= 4 is 19.0 Å². The fraction of sp³-hybridized carbons (Fsp3) is 0.333. The highest BCUT2D eigenvalue weighted by Gasteiger charge is 2.26. The van der Waals surface area contributed by atoms with Gasteiger partial charge in [-0.05, 0) is 48.7 Å². The summed E-state index contributed by atoms with van der Waals surface area (Å²) in [7, 11) is -1.78. The van der Waals surface area contributed by atoms with Crippen molar-refractivity contribution in [2.45, 2.75) is 25.2 Å². The van der Waals surface area contributed by atoms with E-state index in [1.54, 1.807) is 18.2 Å². The molecule has 10 heteroatoms. The number of aliphatic hydroxyl groups is 1. The third-order valence-electron chi connectivity index (χ3n) is 4.81. The summed E-state index contributed by atoms with van der Waals surface area (Å²) >= 11 is 0. The fourth-order valence-corrected chi connectivity index (χ4v) is 3.08. The topological polar surface area (TPSA) is 159 Å². The molecule has 166 valence electrons. The van der Waals surface area contributed by atoms with Crippen LogP contribution in [0.5, 0.6) is 5.75 Å². The zero-order valence-electron chi connectivity index (χ0n) is 17.0. The third kappa shape index (κ3) is 7.37. The predicted molar refractivity (Wildman–Crippen MR) is 115 cm³/mol. The number of carboxylic acid groups (broad SMARTS) is 1. The Morgan fingerprint density at radius 3 is 2.52 bits per heavy atom. The molecule has 2 aromatic rings. The molecule has 0 fully saturated rings. The van der Waals surface area contributed by atoms with E-state index in [1.165, 1.54) is 18.2 Å². The number of aromatic hydroxyl groups is 1. The molecule has 31 heavy (non-hydrogen) atoms. The quantitative estimate of drug-likeness (QED) is 0.188. The number of hydrogen-bond donors (Lipinski definition) is 7. The molecule has 2 rings (SSSR count). The van der Waals surface area contributed by atoms with E-state index in [1.807, 2.05) is 6.07 Å². The number of nitrogens with one attached hydrogen (secondary N) is 2. The van der Waals surface area contributed by atoms with Gasteiger partial charge in [0.05, 0.1) is 0 Å². The molecular formula is C21H27BN2O7. The van der Waals surface area contributed by atoms with Crippen LogP contribution in [0.1, 0.15) is 38.3 Å². The van der Waals surface area contributed by atoms with E-state index < -0.39 is 30.6 Å². The number of carboxylic acids is 1. The number of benzene rings is 2. The van der Waals surface area contributed by atoms with Crippen molar-refractivity contribution in [3.63, 3.8) is 0 Å². The maximum Gasteiger partial charge on any atom is 0.456 e.